The van der Waals surface area contributed by atoms with Crippen LogP contribution in [0.2, 0.25) is 0 Å². The fourth-order valence-electron chi connectivity index (χ4n) is 2.29. The summed E-state index contributed by atoms with van der Waals surface area (Å²) in [5.74, 6) is 0. The number of hydrogen-bond donors (Lipinski definition) is 1. The van der Waals surface area contributed by atoms with Gasteiger partial charge in [0.25, 0.3) is 0 Å². The zero-order valence-corrected chi connectivity index (χ0v) is 11.3. The van der Waals surface area contributed by atoms with Gasteiger partial charge in [-0.3, -0.25) is 4.68 Å². The molecule has 3 heteroatoms. The molecule has 1 heterocycles. The molecule has 0 aliphatic rings. The van der Waals surface area contributed by atoms with Crippen molar-refractivity contribution in [3.8, 4) is 0 Å². The summed E-state index contributed by atoms with van der Waals surface area (Å²) in [5.41, 5.74) is 9.53. The zero-order valence-electron chi connectivity index (χ0n) is 11.3. The standard InChI is InChI=1S/C14H21N3/c1-9(15)10-7-6-8-11-12(10)17(5)16-13(11)14(2,3)4/h6-9H,15H2,1-5H3. The molecule has 1 aromatic carbocycles. The fraction of sp³-hybridized carbons (Fsp3) is 0.500. The first-order chi connectivity index (χ1) is 7.82. The van der Waals surface area contributed by atoms with E-state index in [0.717, 1.165) is 16.8 Å². The van der Waals surface area contributed by atoms with Gasteiger partial charge >= 0.3 is 0 Å². The minimum atomic E-state index is 0.0296. The van der Waals surface area contributed by atoms with Gasteiger partial charge in [0.15, 0.2) is 0 Å². The number of para-hydroxylation sites is 1. The average Bonchev–Trinajstić information content (AvgIpc) is 2.56. The molecule has 1 unspecified atom stereocenters. The molecule has 2 N–H and O–H groups in total. The van der Waals surface area contributed by atoms with E-state index in [1.807, 2.05) is 18.7 Å². The lowest BCUT2D eigenvalue weighted by molar-refractivity contribution is 0.558. The van der Waals surface area contributed by atoms with Gasteiger partial charge < -0.3 is 5.73 Å². The van der Waals surface area contributed by atoms with E-state index in [9.17, 15) is 0 Å². The Morgan fingerprint density at radius 3 is 2.47 bits per heavy atom. The molecule has 2 rings (SSSR count). The number of aromatic nitrogens is 2. The molecule has 1 atom stereocenters. The van der Waals surface area contributed by atoms with Crippen molar-refractivity contribution in [1.82, 2.24) is 9.78 Å². The second kappa shape index (κ2) is 3.84. The topological polar surface area (TPSA) is 43.8 Å². The van der Waals surface area contributed by atoms with Crippen LogP contribution in [0, 0.1) is 0 Å². The molecule has 0 aliphatic heterocycles. The van der Waals surface area contributed by atoms with Crippen LogP contribution in [0.3, 0.4) is 0 Å². The Kier molecular flexibility index (Phi) is 2.74. The molecule has 17 heavy (non-hydrogen) atoms. The lowest BCUT2D eigenvalue weighted by Crippen LogP contribution is -2.12. The van der Waals surface area contributed by atoms with Crippen molar-refractivity contribution < 1.29 is 0 Å². The SMILES string of the molecule is CC(N)c1cccc2c(C(C)(C)C)nn(C)c12. The van der Waals surface area contributed by atoms with Gasteiger partial charge in [0.1, 0.15) is 0 Å². The third-order valence-corrected chi connectivity index (χ3v) is 3.10. The summed E-state index contributed by atoms with van der Waals surface area (Å²) in [6.07, 6.45) is 0. The third kappa shape index (κ3) is 1.95. The molecular weight excluding hydrogens is 210 g/mol. The van der Waals surface area contributed by atoms with E-state index in [4.69, 9.17) is 5.73 Å². The van der Waals surface area contributed by atoms with Crippen molar-refractivity contribution in [2.75, 3.05) is 0 Å². The maximum atomic E-state index is 6.03. The molecule has 2 aromatic rings. The van der Waals surface area contributed by atoms with E-state index in [0.29, 0.717) is 0 Å². The Morgan fingerprint density at radius 2 is 1.94 bits per heavy atom. The highest BCUT2D eigenvalue weighted by Gasteiger charge is 2.23. The molecule has 0 spiro atoms. The van der Waals surface area contributed by atoms with E-state index < -0.39 is 0 Å². The van der Waals surface area contributed by atoms with Crippen LogP contribution in [0.1, 0.15) is 45.0 Å². The van der Waals surface area contributed by atoms with Gasteiger partial charge in [-0.25, -0.2) is 0 Å². The van der Waals surface area contributed by atoms with Crippen LogP contribution in [-0.2, 0) is 12.5 Å². The molecule has 0 fully saturated rings. The highest BCUT2D eigenvalue weighted by molar-refractivity contribution is 5.86. The average molecular weight is 231 g/mol. The van der Waals surface area contributed by atoms with Crippen LogP contribution < -0.4 is 5.73 Å². The van der Waals surface area contributed by atoms with E-state index in [-0.39, 0.29) is 11.5 Å². The molecule has 0 radical (unpaired) electrons. The first kappa shape index (κ1) is 12.1. The minimum Gasteiger partial charge on any atom is -0.324 e. The molecule has 1 aromatic heterocycles. The second-order valence-electron chi connectivity index (χ2n) is 5.75. The third-order valence-electron chi connectivity index (χ3n) is 3.10. The number of aryl methyl sites for hydroxylation is 1. The number of nitrogens with zero attached hydrogens (tertiary/aromatic N) is 2. The van der Waals surface area contributed by atoms with Crippen LogP contribution in [0.4, 0.5) is 0 Å². The van der Waals surface area contributed by atoms with E-state index in [1.54, 1.807) is 0 Å². The quantitative estimate of drug-likeness (QED) is 0.820. The maximum absolute atomic E-state index is 6.03. The molecule has 92 valence electrons. The molecule has 3 nitrogen and oxygen atoms in total. The molecule has 0 saturated heterocycles. The van der Waals surface area contributed by atoms with Crippen molar-refractivity contribution in [2.45, 2.75) is 39.2 Å². The van der Waals surface area contributed by atoms with Crippen molar-refractivity contribution in [3.63, 3.8) is 0 Å². The first-order valence-corrected chi connectivity index (χ1v) is 6.04. The van der Waals surface area contributed by atoms with Crippen LogP contribution in [0.15, 0.2) is 18.2 Å². The van der Waals surface area contributed by atoms with E-state index >= 15 is 0 Å². The van der Waals surface area contributed by atoms with Gasteiger partial charge in [-0.1, -0.05) is 39.0 Å². The van der Waals surface area contributed by atoms with E-state index in [1.165, 1.54) is 5.39 Å². The lowest BCUT2D eigenvalue weighted by Gasteiger charge is -2.15. The highest BCUT2D eigenvalue weighted by Crippen LogP contribution is 2.31. The summed E-state index contributed by atoms with van der Waals surface area (Å²) < 4.78 is 1.95. The Balaban J connectivity index is 2.82. The van der Waals surface area contributed by atoms with E-state index in [2.05, 4.69) is 44.1 Å². The number of benzene rings is 1. The summed E-state index contributed by atoms with van der Waals surface area (Å²) in [5, 5.41) is 5.88. The van der Waals surface area contributed by atoms with Gasteiger partial charge in [0.2, 0.25) is 0 Å². The first-order valence-electron chi connectivity index (χ1n) is 6.04. The number of hydrogen-bond acceptors (Lipinski definition) is 2. The van der Waals surface area contributed by atoms with Crippen LogP contribution in [0.5, 0.6) is 0 Å². The molecule has 0 bridgehead atoms. The van der Waals surface area contributed by atoms with Crippen LogP contribution >= 0.6 is 0 Å². The lowest BCUT2D eigenvalue weighted by atomic mass is 9.89. The Morgan fingerprint density at radius 1 is 1.29 bits per heavy atom. The van der Waals surface area contributed by atoms with Gasteiger partial charge in [0, 0.05) is 23.9 Å². The molecule has 0 saturated carbocycles. The Labute approximate surface area is 103 Å². The predicted molar refractivity (Wildman–Crippen MR) is 72.0 cm³/mol. The minimum absolute atomic E-state index is 0.0296. The fourth-order valence-corrected chi connectivity index (χ4v) is 2.29. The van der Waals surface area contributed by atoms with Gasteiger partial charge in [-0.2, -0.15) is 5.10 Å². The van der Waals surface area contributed by atoms with Gasteiger partial charge in [0.05, 0.1) is 11.2 Å². The summed E-state index contributed by atoms with van der Waals surface area (Å²) >= 11 is 0. The van der Waals surface area contributed by atoms with Crippen molar-refractivity contribution in [3.05, 3.63) is 29.5 Å². The monoisotopic (exact) mass is 231 g/mol. The largest absolute Gasteiger partial charge is 0.324 e. The summed E-state index contributed by atoms with van der Waals surface area (Å²) in [4.78, 5) is 0. The second-order valence-corrected chi connectivity index (χ2v) is 5.75. The zero-order chi connectivity index (χ0) is 12.8. The Bertz CT molecular complexity index is 544. The maximum Gasteiger partial charge on any atom is 0.0756 e. The Hall–Kier alpha value is -1.35. The normalized spacial score (nSPS) is 14.2. The van der Waals surface area contributed by atoms with Crippen LogP contribution in [-0.4, -0.2) is 9.78 Å². The molecular formula is C14H21N3. The molecule has 0 amide bonds. The van der Waals surface area contributed by atoms with Crippen LogP contribution in [0.25, 0.3) is 10.9 Å². The highest BCUT2D eigenvalue weighted by atomic mass is 15.3. The predicted octanol–water partition coefficient (Wildman–Crippen LogP) is 2.89. The number of rotatable bonds is 1. The van der Waals surface area contributed by atoms with Crippen molar-refractivity contribution in [2.24, 2.45) is 12.8 Å². The number of fused-ring (bicyclic) bond motifs is 1. The van der Waals surface area contributed by atoms with Gasteiger partial charge in [-0.05, 0) is 12.5 Å². The summed E-state index contributed by atoms with van der Waals surface area (Å²) in [6, 6.07) is 6.32. The smallest absolute Gasteiger partial charge is 0.0756 e. The summed E-state index contributed by atoms with van der Waals surface area (Å²) in [7, 11) is 1.99. The van der Waals surface area contributed by atoms with Gasteiger partial charge in [-0.15, -0.1) is 0 Å². The summed E-state index contributed by atoms with van der Waals surface area (Å²) in [6.45, 7) is 8.58. The van der Waals surface area contributed by atoms with Crippen molar-refractivity contribution >= 4 is 10.9 Å². The van der Waals surface area contributed by atoms with Crippen molar-refractivity contribution in [1.29, 1.82) is 0 Å². The molecule has 0 aliphatic carbocycles. The number of nitrogens with two attached hydrogens (primary N) is 1.